The molecule has 1 aliphatic rings. The molecular formula is C20H23N5O3. The third-order valence-electron chi connectivity index (χ3n) is 4.70. The summed E-state index contributed by atoms with van der Waals surface area (Å²) in [6.07, 6.45) is 4.67. The van der Waals surface area contributed by atoms with Gasteiger partial charge in [0.15, 0.2) is 0 Å². The molecule has 1 fully saturated rings. The Labute approximate surface area is 163 Å². The summed E-state index contributed by atoms with van der Waals surface area (Å²) in [6, 6.07) is 2.79. The van der Waals surface area contributed by atoms with E-state index in [2.05, 4.69) is 15.0 Å². The number of rotatable bonds is 5. The van der Waals surface area contributed by atoms with Crippen LogP contribution in [0.4, 0.5) is 0 Å². The van der Waals surface area contributed by atoms with Crippen LogP contribution in [0.15, 0.2) is 36.3 Å². The Morgan fingerprint density at radius 3 is 2.50 bits per heavy atom. The van der Waals surface area contributed by atoms with E-state index in [0.717, 1.165) is 0 Å². The summed E-state index contributed by atoms with van der Waals surface area (Å²) in [7, 11) is 3.79. The first-order valence-electron chi connectivity index (χ1n) is 8.95. The number of nitrogens with zero attached hydrogens (tertiary/aromatic N) is 5. The van der Waals surface area contributed by atoms with Gasteiger partial charge in [0.1, 0.15) is 11.6 Å². The molecular weight excluding hydrogens is 358 g/mol. The van der Waals surface area contributed by atoms with E-state index in [9.17, 15) is 14.7 Å². The zero-order chi connectivity index (χ0) is 20.4. The number of ketones is 1. The fourth-order valence-corrected chi connectivity index (χ4v) is 3.27. The molecule has 0 bridgehead atoms. The maximum Gasteiger partial charge on any atom is 0.295 e. The van der Waals surface area contributed by atoms with E-state index in [1.807, 2.05) is 19.0 Å². The molecule has 0 spiro atoms. The summed E-state index contributed by atoms with van der Waals surface area (Å²) in [5.74, 6) is -1.04. The molecule has 0 aliphatic carbocycles. The van der Waals surface area contributed by atoms with Crippen LogP contribution in [0.25, 0.3) is 5.76 Å². The minimum atomic E-state index is -0.710. The number of aromatic nitrogens is 3. The van der Waals surface area contributed by atoms with Crippen LogP contribution < -0.4 is 0 Å². The highest BCUT2D eigenvalue weighted by Gasteiger charge is 2.46. The molecule has 146 valence electrons. The van der Waals surface area contributed by atoms with Crippen molar-refractivity contribution in [1.82, 2.24) is 24.8 Å². The molecule has 28 heavy (non-hydrogen) atoms. The molecule has 0 unspecified atom stereocenters. The van der Waals surface area contributed by atoms with Gasteiger partial charge in [-0.3, -0.25) is 14.6 Å². The second kappa shape index (κ2) is 7.85. The SMILES string of the molecule is Cc1ncc(C(O)=C2C(=O)C(=O)N(CCN(C)C)[C@H]2c2ccncc2)c(C)n1. The van der Waals surface area contributed by atoms with Crippen molar-refractivity contribution in [2.45, 2.75) is 19.9 Å². The lowest BCUT2D eigenvalue weighted by Crippen LogP contribution is -2.35. The summed E-state index contributed by atoms with van der Waals surface area (Å²) < 4.78 is 0. The second-order valence-electron chi connectivity index (χ2n) is 6.99. The molecule has 1 atom stereocenters. The van der Waals surface area contributed by atoms with Gasteiger partial charge >= 0.3 is 0 Å². The highest BCUT2D eigenvalue weighted by molar-refractivity contribution is 6.46. The number of aliphatic hydroxyl groups excluding tert-OH is 1. The fourth-order valence-electron chi connectivity index (χ4n) is 3.27. The van der Waals surface area contributed by atoms with E-state index in [1.165, 1.54) is 11.1 Å². The average Bonchev–Trinajstić information content (AvgIpc) is 2.91. The molecule has 1 saturated heterocycles. The van der Waals surface area contributed by atoms with Gasteiger partial charge in [-0.1, -0.05) is 0 Å². The van der Waals surface area contributed by atoms with Crippen LogP contribution in [0.2, 0.25) is 0 Å². The smallest absolute Gasteiger partial charge is 0.295 e. The molecule has 1 amide bonds. The largest absolute Gasteiger partial charge is 0.507 e. The molecule has 0 aromatic carbocycles. The summed E-state index contributed by atoms with van der Waals surface area (Å²) in [5, 5.41) is 11.0. The number of hydrogen-bond donors (Lipinski definition) is 1. The molecule has 1 N–H and O–H groups in total. The van der Waals surface area contributed by atoms with Gasteiger partial charge < -0.3 is 14.9 Å². The molecule has 2 aromatic heterocycles. The van der Waals surface area contributed by atoms with Crippen molar-refractivity contribution in [3.63, 3.8) is 0 Å². The Hall–Kier alpha value is -3.13. The molecule has 8 nitrogen and oxygen atoms in total. The minimum Gasteiger partial charge on any atom is -0.507 e. The van der Waals surface area contributed by atoms with Crippen molar-refractivity contribution >= 4 is 17.4 Å². The van der Waals surface area contributed by atoms with Crippen LogP contribution in [0.3, 0.4) is 0 Å². The number of aliphatic hydroxyl groups is 1. The first kappa shape index (κ1) is 19.6. The standard InChI is InChI=1S/C20H23N5O3/c1-12-15(11-22-13(2)23-12)18(26)16-17(14-5-7-21-8-6-14)25(10-9-24(3)4)20(28)19(16)27/h5-8,11,17,26H,9-10H2,1-4H3/t17-/m0/s1. The molecule has 3 rings (SSSR count). The number of pyridine rings is 1. The number of carbonyl (C=O) groups is 2. The van der Waals surface area contributed by atoms with Gasteiger partial charge in [-0.15, -0.1) is 0 Å². The molecule has 2 aromatic rings. The highest BCUT2D eigenvalue weighted by Crippen LogP contribution is 2.39. The number of aryl methyl sites for hydroxylation is 2. The molecule has 0 radical (unpaired) electrons. The van der Waals surface area contributed by atoms with Crippen molar-refractivity contribution in [3.05, 3.63) is 58.9 Å². The monoisotopic (exact) mass is 381 g/mol. The van der Waals surface area contributed by atoms with Crippen molar-refractivity contribution in [2.75, 3.05) is 27.2 Å². The third kappa shape index (κ3) is 3.63. The predicted octanol–water partition coefficient (Wildman–Crippen LogP) is 1.47. The van der Waals surface area contributed by atoms with Crippen molar-refractivity contribution < 1.29 is 14.7 Å². The van der Waals surface area contributed by atoms with Crippen LogP contribution in [0.1, 0.15) is 28.7 Å². The number of amides is 1. The normalized spacial score (nSPS) is 18.9. The van der Waals surface area contributed by atoms with Gasteiger partial charge in [0.25, 0.3) is 11.7 Å². The number of likely N-dealkylation sites (N-methyl/N-ethyl adjacent to an activating group) is 1. The summed E-state index contributed by atoms with van der Waals surface area (Å²) in [4.78, 5) is 41.4. The lowest BCUT2D eigenvalue weighted by Gasteiger charge is -2.26. The Balaban J connectivity index is 2.16. The van der Waals surface area contributed by atoms with E-state index in [-0.39, 0.29) is 11.3 Å². The fraction of sp³-hybridized carbons (Fsp3) is 0.350. The lowest BCUT2D eigenvalue weighted by atomic mass is 9.96. The average molecular weight is 381 g/mol. The maximum atomic E-state index is 12.9. The van der Waals surface area contributed by atoms with Gasteiger partial charge in [-0.2, -0.15) is 0 Å². The first-order chi connectivity index (χ1) is 13.3. The van der Waals surface area contributed by atoms with E-state index in [0.29, 0.717) is 35.7 Å². The Morgan fingerprint density at radius 2 is 1.89 bits per heavy atom. The van der Waals surface area contributed by atoms with Crippen LogP contribution in [0, 0.1) is 13.8 Å². The third-order valence-corrected chi connectivity index (χ3v) is 4.70. The number of likely N-dealkylation sites (tertiary alicyclic amines) is 1. The predicted molar refractivity (Wildman–Crippen MR) is 103 cm³/mol. The molecule has 1 aliphatic heterocycles. The minimum absolute atomic E-state index is 0.0468. The van der Waals surface area contributed by atoms with Gasteiger partial charge in [0, 0.05) is 31.7 Å². The maximum absolute atomic E-state index is 12.9. The first-order valence-corrected chi connectivity index (χ1v) is 8.95. The summed E-state index contributed by atoms with van der Waals surface area (Å²) >= 11 is 0. The Kier molecular flexibility index (Phi) is 5.51. The zero-order valence-electron chi connectivity index (χ0n) is 16.4. The van der Waals surface area contributed by atoms with Gasteiger partial charge in [-0.05, 0) is 45.6 Å². The van der Waals surface area contributed by atoms with Gasteiger partial charge in [-0.25, -0.2) is 9.97 Å². The Morgan fingerprint density at radius 1 is 1.21 bits per heavy atom. The zero-order valence-corrected chi connectivity index (χ0v) is 16.4. The highest BCUT2D eigenvalue weighted by atomic mass is 16.3. The number of carbonyl (C=O) groups excluding carboxylic acids is 2. The van der Waals surface area contributed by atoms with E-state index in [1.54, 1.807) is 38.4 Å². The van der Waals surface area contributed by atoms with E-state index >= 15 is 0 Å². The molecule has 0 saturated carbocycles. The molecule has 8 heteroatoms. The van der Waals surface area contributed by atoms with Crippen LogP contribution in [0.5, 0.6) is 0 Å². The van der Waals surface area contributed by atoms with Crippen LogP contribution in [-0.4, -0.2) is 68.7 Å². The molecule has 3 heterocycles. The van der Waals surface area contributed by atoms with Crippen molar-refractivity contribution in [2.24, 2.45) is 0 Å². The quantitative estimate of drug-likeness (QED) is 0.476. The topological polar surface area (TPSA) is 99.5 Å². The van der Waals surface area contributed by atoms with Crippen molar-refractivity contribution in [1.29, 1.82) is 0 Å². The van der Waals surface area contributed by atoms with E-state index < -0.39 is 17.7 Å². The Bertz CT molecular complexity index is 940. The number of hydrogen-bond acceptors (Lipinski definition) is 7. The number of Topliss-reactive ketones (excluding diaryl/α,β-unsaturated/α-hetero) is 1. The summed E-state index contributed by atoms with van der Waals surface area (Å²) in [6.45, 7) is 4.41. The van der Waals surface area contributed by atoms with Gasteiger partial charge in [0.05, 0.1) is 22.9 Å². The second-order valence-corrected chi connectivity index (χ2v) is 6.99. The van der Waals surface area contributed by atoms with E-state index in [4.69, 9.17) is 0 Å². The van der Waals surface area contributed by atoms with Crippen LogP contribution >= 0.6 is 0 Å². The summed E-state index contributed by atoms with van der Waals surface area (Å²) in [5.41, 5.74) is 1.64. The van der Waals surface area contributed by atoms with Crippen molar-refractivity contribution in [3.8, 4) is 0 Å². The van der Waals surface area contributed by atoms with Gasteiger partial charge in [0.2, 0.25) is 0 Å². The van der Waals surface area contributed by atoms with Crippen LogP contribution in [-0.2, 0) is 9.59 Å². The lowest BCUT2D eigenvalue weighted by molar-refractivity contribution is -0.140.